The maximum Gasteiger partial charge on any atom is 0.231 e. The number of pyridine rings is 1. The first-order valence-electron chi connectivity index (χ1n) is 10.8. The fourth-order valence-electron chi connectivity index (χ4n) is 4.81. The highest BCUT2D eigenvalue weighted by atomic mass is 127. The molecule has 0 amide bonds. The number of unbranched alkanes of at least 4 members (excludes halogenated alkanes) is 2. The zero-order valence-corrected chi connectivity index (χ0v) is 20.5. The molecule has 0 aliphatic carbocycles. The monoisotopic (exact) mass is 533 g/mol. The summed E-state index contributed by atoms with van der Waals surface area (Å²) in [6.07, 6.45) is 7.81. The Balaban J connectivity index is 0.00000231. The molecule has 2 aliphatic rings. The fraction of sp³-hybridized carbons (Fsp3) is 0.400. The fourth-order valence-corrected chi connectivity index (χ4v) is 4.81. The Kier molecular flexibility index (Phi) is 6.46. The van der Waals surface area contributed by atoms with Crippen molar-refractivity contribution in [2.24, 2.45) is 0 Å². The van der Waals surface area contributed by atoms with Crippen molar-refractivity contribution in [3.63, 3.8) is 0 Å². The summed E-state index contributed by atoms with van der Waals surface area (Å²) in [6.45, 7) is 3.48. The van der Waals surface area contributed by atoms with Gasteiger partial charge >= 0.3 is 0 Å². The molecule has 5 nitrogen and oxygen atoms in total. The van der Waals surface area contributed by atoms with Crippen molar-refractivity contribution in [2.75, 3.05) is 21.0 Å². The molecule has 3 heterocycles. The van der Waals surface area contributed by atoms with Crippen LogP contribution in [0.5, 0.6) is 23.0 Å². The topological polar surface area (TPSA) is 40.8 Å². The molecule has 0 saturated carbocycles. The number of benzene rings is 2. The van der Waals surface area contributed by atoms with Crippen LogP contribution in [0.25, 0.3) is 22.0 Å². The van der Waals surface area contributed by atoms with Crippen LogP contribution in [0.3, 0.4) is 0 Å². The van der Waals surface area contributed by atoms with Crippen LogP contribution in [0, 0.1) is 0 Å². The van der Waals surface area contributed by atoms with Gasteiger partial charge in [-0.05, 0) is 42.7 Å². The predicted octanol–water partition coefficient (Wildman–Crippen LogP) is 1.83. The Morgan fingerprint density at radius 2 is 1.81 bits per heavy atom. The van der Waals surface area contributed by atoms with Gasteiger partial charge in [0.1, 0.15) is 0 Å². The number of aryl methyl sites for hydroxylation is 3. The van der Waals surface area contributed by atoms with E-state index >= 15 is 0 Å². The third-order valence-corrected chi connectivity index (χ3v) is 6.27. The maximum absolute atomic E-state index is 5.78. The lowest BCUT2D eigenvalue weighted by molar-refractivity contribution is -0.686. The number of hydrogen-bond acceptors (Lipinski definition) is 4. The second-order valence-corrected chi connectivity index (χ2v) is 7.98. The van der Waals surface area contributed by atoms with E-state index in [1.165, 1.54) is 40.6 Å². The Morgan fingerprint density at radius 3 is 2.55 bits per heavy atom. The van der Waals surface area contributed by atoms with Crippen LogP contribution in [0.1, 0.15) is 37.3 Å². The molecule has 0 saturated heterocycles. The van der Waals surface area contributed by atoms with Gasteiger partial charge < -0.3 is 42.9 Å². The minimum absolute atomic E-state index is 0. The minimum Gasteiger partial charge on any atom is -1.00 e. The standard InChI is InChI=1S/C25H28NO4.HI/c1-4-5-6-7-18-17-8-9-21(27-2)25(28-3)20(17)14-26-11-10-16-12-22-23(30-15-29-22)13-19(16)24(18)26;/h8-9,12-14H,4-7,10-11,15H2,1-3H3;1H/q+1;/p-1. The van der Waals surface area contributed by atoms with E-state index in [0.29, 0.717) is 6.79 Å². The minimum atomic E-state index is 0. The number of methoxy groups -OCH3 is 2. The van der Waals surface area contributed by atoms with E-state index in [-0.39, 0.29) is 24.0 Å². The zero-order valence-electron chi connectivity index (χ0n) is 18.3. The van der Waals surface area contributed by atoms with E-state index in [0.717, 1.165) is 54.2 Å². The summed E-state index contributed by atoms with van der Waals surface area (Å²) >= 11 is 0. The molecule has 6 heteroatoms. The van der Waals surface area contributed by atoms with Gasteiger partial charge in [0.05, 0.1) is 25.2 Å². The van der Waals surface area contributed by atoms with Gasteiger partial charge in [-0.15, -0.1) is 0 Å². The molecule has 2 aliphatic heterocycles. The van der Waals surface area contributed by atoms with Crippen LogP contribution < -0.4 is 47.5 Å². The number of nitrogens with zero attached hydrogens (tertiary/aromatic N) is 1. The van der Waals surface area contributed by atoms with Gasteiger partial charge in [-0.2, -0.15) is 4.57 Å². The van der Waals surface area contributed by atoms with Crippen molar-refractivity contribution in [3.05, 3.63) is 41.6 Å². The Labute approximate surface area is 200 Å². The van der Waals surface area contributed by atoms with E-state index < -0.39 is 0 Å². The van der Waals surface area contributed by atoms with E-state index in [4.69, 9.17) is 18.9 Å². The Morgan fingerprint density at radius 1 is 1.00 bits per heavy atom. The third-order valence-electron chi connectivity index (χ3n) is 6.27. The Hall–Kier alpha value is -2.22. The van der Waals surface area contributed by atoms with Gasteiger partial charge in [-0.1, -0.05) is 19.8 Å². The molecule has 31 heavy (non-hydrogen) atoms. The summed E-state index contributed by atoms with van der Waals surface area (Å²) in [5.74, 6) is 3.28. The van der Waals surface area contributed by atoms with Crippen LogP contribution in [-0.2, 0) is 19.4 Å². The first kappa shape index (κ1) is 22.0. The van der Waals surface area contributed by atoms with Crippen molar-refractivity contribution in [1.82, 2.24) is 0 Å². The van der Waals surface area contributed by atoms with Crippen LogP contribution in [0.2, 0.25) is 0 Å². The number of fused-ring (bicyclic) bond motifs is 5. The average molecular weight is 533 g/mol. The molecule has 2 aromatic carbocycles. The third kappa shape index (κ3) is 3.69. The summed E-state index contributed by atoms with van der Waals surface area (Å²) in [6, 6.07) is 8.53. The summed E-state index contributed by atoms with van der Waals surface area (Å²) in [5, 5.41) is 2.34. The van der Waals surface area contributed by atoms with Crippen molar-refractivity contribution in [1.29, 1.82) is 0 Å². The molecule has 1 aromatic heterocycles. The highest BCUT2D eigenvalue weighted by Crippen LogP contribution is 2.43. The van der Waals surface area contributed by atoms with Crippen molar-refractivity contribution < 1.29 is 47.5 Å². The lowest BCUT2D eigenvalue weighted by atomic mass is 9.89. The molecule has 164 valence electrons. The zero-order chi connectivity index (χ0) is 20.7. The molecule has 0 unspecified atom stereocenters. The smallest absolute Gasteiger partial charge is 0.231 e. The van der Waals surface area contributed by atoms with Gasteiger partial charge in [0.25, 0.3) is 0 Å². The number of hydrogen-bond donors (Lipinski definition) is 0. The molecular weight excluding hydrogens is 505 g/mol. The molecule has 0 atom stereocenters. The summed E-state index contributed by atoms with van der Waals surface area (Å²) in [7, 11) is 3.41. The summed E-state index contributed by atoms with van der Waals surface area (Å²) in [4.78, 5) is 0. The molecule has 3 aromatic rings. The van der Waals surface area contributed by atoms with Gasteiger partial charge in [-0.25, -0.2) is 0 Å². The van der Waals surface area contributed by atoms with Crippen LogP contribution in [0.4, 0.5) is 0 Å². The van der Waals surface area contributed by atoms with Crippen LogP contribution in [0.15, 0.2) is 30.5 Å². The first-order chi connectivity index (χ1) is 14.7. The number of ether oxygens (including phenoxy) is 4. The molecular formula is C25H28INO4. The maximum atomic E-state index is 5.78. The normalized spacial score (nSPS) is 13.4. The first-order valence-corrected chi connectivity index (χ1v) is 10.8. The molecule has 0 N–H and O–H groups in total. The van der Waals surface area contributed by atoms with Crippen molar-refractivity contribution in [2.45, 2.75) is 45.6 Å². The van der Waals surface area contributed by atoms with Crippen LogP contribution in [-0.4, -0.2) is 21.0 Å². The quantitative estimate of drug-likeness (QED) is 0.276. The van der Waals surface area contributed by atoms with E-state index in [1.54, 1.807) is 14.2 Å². The average Bonchev–Trinajstić information content (AvgIpc) is 3.23. The number of rotatable bonds is 6. The van der Waals surface area contributed by atoms with Crippen molar-refractivity contribution in [3.8, 4) is 34.3 Å². The predicted molar refractivity (Wildman–Crippen MR) is 116 cm³/mol. The number of halogens is 1. The van der Waals surface area contributed by atoms with Crippen LogP contribution >= 0.6 is 0 Å². The summed E-state index contributed by atoms with van der Waals surface area (Å²) < 4.78 is 25.1. The lowest BCUT2D eigenvalue weighted by Crippen LogP contribution is -3.00. The van der Waals surface area contributed by atoms with E-state index in [2.05, 4.69) is 35.9 Å². The highest BCUT2D eigenvalue weighted by Gasteiger charge is 2.32. The second-order valence-electron chi connectivity index (χ2n) is 7.98. The van der Waals surface area contributed by atoms with Gasteiger partial charge in [0.15, 0.2) is 35.7 Å². The molecule has 5 rings (SSSR count). The second kappa shape index (κ2) is 9.10. The molecule has 0 fully saturated rings. The van der Waals surface area contributed by atoms with Gasteiger partial charge in [0.2, 0.25) is 12.5 Å². The molecule has 0 spiro atoms. The van der Waals surface area contributed by atoms with Gasteiger partial charge in [-0.3, -0.25) is 0 Å². The summed E-state index contributed by atoms with van der Waals surface area (Å²) in [5.41, 5.74) is 5.26. The SMILES string of the molecule is CCCCCc1c2[n+](cc3c(OC)c(OC)ccc13)CCc1cc3c(cc1-2)OCO3.[I-]. The Bertz CT molecular complexity index is 1130. The lowest BCUT2D eigenvalue weighted by Gasteiger charge is -2.21. The van der Waals surface area contributed by atoms with E-state index in [9.17, 15) is 0 Å². The van der Waals surface area contributed by atoms with E-state index in [1.807, 2.05) is 6.07 Å². The largest absolute Gasteiger partial charge is 1.00 e. The molecule has 0 bridgehead atoms. The van der Waals surface area contributed by atoms with Crippen molar-refractivity contribution >= 4 is 10.8 Å². The number of aromatic nitrogens is 1. The molecule has 0 radical (unpaired) electrons. The van der Waals surface area contributed by atoms with Gasteiger partial charge in [0, 0.05) is 17.4 Å². The highest BCUT2D eigenvalue weighted by molar-refractivity contribution is 5.95.